The molecule has 1 saturated heterocycles. The summed E-state index contributed by atoms with van der Waals surface area (Å²) in [5.74, 6) is 0.651. The molecule has 144 valence electrons. The van der Waals surface area contributed by atoms with Crippen molar-refractivity contribution in [2.45, 2.75) is 18.9 Å². The van der Waals surface area contributed by atoms with Crippen molar-refractivity contribution in [3.8, 4) is 11.8 Å². The van der Waals surface area contributed by atoms with Crippen molar-refractivity contribution in [1.29, 1.82) is 0 Å². The normalized spacial score (nSPS) is 16.8. The number of carbonyl (C=O) groups is 1. The van der Waals surface area contributed by atoms with Gasteiger partial charge in [0, 0.05) is 18.9 Å². The first kappa shape index (κ1) is 18.7. The predicted octanol–water partition coefficient (Wildman–Crippen LogP) is 3.84. The van der Waals surface area contributed by atoms with Crippen LogP contribution in [-0.4, -0.2) is 46.6 Å². The van der Waals surface area contributed by atoms with E-state index in [0.29, 0.717) is 24.8 Å². The van der Waals surface area contributed by atoms with Gasteiger partial charge in [-0.3, -0.25) is 4.79 Å². The van der Waals surface area contributed by atoms with E-state index in [4.69, 9.17) is 9.47 Å². The number of nitrogens with zero attached hydrogens (tertiary/aromatic N) is 3. The van der Waals surface area contributed by atoms with Gasteiger partial charge in [-0.1, -0.05) is 30.3 Å². The first-order chi connectivity index (χ1) is 13.7. The number of carbonyl (C=O) groups excluding carboxylic acids is 1. The van der Waals surface area contributed by atoms with Crippen LogP contribution < -0.4 is 9.47 Å². The molecule has 1 amide bonds. The second-order valence-corrected chi connectivity index (χ2v) is 7.62. The van der Waals surface area contributed by atoms with E-state index < -0.39 is 0 Å². The molecular weight excluding hydrogens is 422 g/mol. The van der Waals surface area contributed by atoms with Crippen LogP contribution in [-0.2, 0) is 4.79 Å². The lowest BCUT2D eigenvalue weighted by Crippen LogP contribution is -2.46. The zero-order valence-electron chi connectivity index (χ0n) is 15.3. The Labute approximate surface area is 171 Å². The monoisotopic (exact) mass is 441 g/mol. The van der Waals surface area contributed by atoms with Gasteiger partial charge >= 0.3 is 6.01 Å². The molecular formula is C21H20BrN3O3. The molecule has 1 aromatic heterocycles. The maximum absolute atomic E-state index is 12.6. The molecule has 2 aromatic carbocycles. The zero-order valence-corrected chi connectivity index (χ0v) is 16.8. The van der Waals surface area contributed by atoms with Crippen molar-refractivity contribution in [2.75, 3.05) is 19.7 Å². The molecule has 4 rings (SSSR count). The highest BCUT2D eigenvalue weighted by Gasteiger charge is 2.25. The number of hydrogen-bond donors (Lipinski definition) is 0. The van der Waals surface area contributed by atoms with Gasteiger partial charge in [-0.05, 0) is 51.7 Å². The molecule has 0 saturated carbocycles. The molecule has 2 heterocycles. The summed E-state index contributed by atoms with van der Waals surface area (Å²) in [5, 5.41) is 2.24. The summed E-state index contributed by atoms with van der Waals surface area (Å²) in [4.78, 5) is 22.6. The number of ether oxygens (including phenoxy) is 2. The number of halogens is 1. The van der Waals surface area contributed by atoms with Crippen molar-refractivity contribution < 1.29 is 14.3 Å². The van der Waals surface area contributed by atoms with E-state index >= 15 is 0 Å². The van der Waals surface area contributed by atoms with E-state index in [1.807, 2.05) is 42.5 Å². The highest BCUT2D eigenvalue weighted by molar-refractivity contribution is 9.10. The van der Waals surface area contributed by atoms with E-state index in [2.05, 4.69) is 25.9 Å². The maximum Gasteiger partial charge on any atom is 0.316 e. The highest BCUT2D eigenvalue weighted by Crippen LogP contribution is 2.21. The Morgan fingerprint density at radius 3 is 2.75 bits per heavy atom. The molecule has 1 atom stereocenters. The lowest BCUT2D eigenvalue weighted by Gasteiger charge is -2.32. The van der Waals surface area contributed by atoms with Crippen LogP contribution in [0.3, 0.4) is 0 Å². The highest BCUT2D eigenvalue weighted by atomic mass is 79.9. The first-order valence-corrected chi connectivity index (χ1v) is 10.0. The van der Waals surface area contributed by atoms with E-state index in [1.54, 1.807) is 17.3 Å². The minimum absolute atomic E-state index is 0.0137. The van der Waals surface area contributed by atoms with Crippen molar-refractivity contribution in [1.82, 2.24) is 14.9 Å². The van der Waals surface area contributed by atoms with Gasteiger partial charge in [-0.25, -0.2) is 9.97 Å². The predicted molar refractivity (Wildman–Crippen MR) is 109 cm³/mol. The lowest BCUT2D eigenvalue weighted by molar-refractivity contribution is -0.136. The number of rotatable bonds is 5. The topological polar surface area (TPSA) is 64.5 Å². The minimum atomic E-state index is -0.112. The third-order valence-corrected chi connectivity index (χ3v) is 5.09. The molecule has 28 heavy (non-hydrogen) atoms. The van der Waals surface area contributed by atoms with Gasteiger partial charge in [-0.2, -0.15) is 0 Å². The molecule has 0 aliphatic carbocycles. The van der Waals surface area contributed by atoms with Crippen molar-refractivity contribution in [3.63, 3.8) is 0 Å². The fourth-order valence-electron chi connectivity index (χ4n) is 3.26. The van der Waals surface area contributed by atoms with Crippen LogP contribution in [0.4, 0.5) is 0 Å². The second kappa shape index (κ2) is 8.56. The summed E-state index contributed by atoms with van der Waals surface area (Å²) in [7, 11) is 0. The molecule has 1 aliphatic heterocycles. The van der Waals surface area contributed by atoms with Gasteiger partial charge in [0.25, 0.3) is 5.91 Å². The molecule has 1 unspecified atom stereocenters. The summed E-state index contributed by atoms with van der Waals surface area (Å²) >= 11 is 3.30. The fraction of sp³-hybridized carbons (Fsp3) is 0.286. The summed E-state index contributed by atoms with van der Waals surface area (Å²) < 4.78 is 12.4. The van der Waals surface area contributed by atoms with Gasteiger partial charge in [0.15, 0.2) is 6.61 Å². The molecule has 0 spiro atoms. The van der Waals surface area contributed by atoms with Crippen LogP contribution in [0.15, 0.2) is 59.3 Å². The largest absolute Gasteiger partial charge is 0.484 e. The van der Waals surface area contributed by atoms with Crippen molar-refractivity contribution in [2.24, 2.45) is 0 Å². The Kier molecular flexibility index (Phi) is 5.71. The summed E-state index contributed by atoms with van der Waals surface area (Å²) in [6, 6.07) is 14.2. The Morgan fingerprint density at radius 1 is 1.14 bits per heavy atom. The second-order valence-electron chi connectivity index (χ2n) is 6.70. The molecule has 0 bridgehead atoms. The standard InChI is InChI=1S/C21H20BrN3O3/c22-17-11-23-21(24-12-17)28-19-6-3-9-25(13-19)20(26)14-27-18-8-7-15-4-1-2-5-16(15)10-18/h1-2,4-5,7-8,10-12,19H,3,6,9,13-14H2. The van der Waals surface area contributed by atoms with Gasteiger partial charge in [-0.15, -0.1) is 0 Å². The van der Waals surface area contributed by atoms with Crippen LogP contribution in [0, 0.1) is 0 Å². The molecule has 0 N–H and O–H groups in total. The number of amides is 1. The zero-order chi connectivity index (χ0) is 19.3. The van der Waals surface area contributed by atoms with Gasteiger partial charge in [0.2, 0.25) is 0 Å². The Balaban J connectivity index is 1.32. The van der Waals surface area contributed by atoms with Crippen LogP contribution in [0.5, 0.6) is 11.8 Å². The molecule has 1 fully saturated rings. The Morgan fingerprint density at radius 2 is 1.93 bits per heavy atom. The van der Waals surface area contributed by atoms with Crippen molar-refractivity contribution >= 4 is 32.6 Å². The number of fused-ring (bicyclic) bond motifs is 1. The van der Waals surface area contributed by atoms with Crippen molar-refractivity contribution in [3.05, 3.63) is 59.3 Å². The van der Waals surface area contributed by atoms with E-state index in [-0.39, 0.29) is 18.6 Å². The van der Waals surface area contributed by atoms with E-state index in [1.165, 1.54) is 0 Å². The Bertz CT molecular complexity index is 965. The van der Waals surface area contributed by atoms with Crippen LogP contribution in [0.1, 0.15) is 12.8 Å². The third-order valence-electron chi connectivity index (χ3n) is 4.68. The van der Waals surface area contributed by atoms with Gasteiger partial charge in [0.05, 0.1) is 11.0 Å². The summed E-state index contributed by atoms with van der Waals surface area (Å²) in [6.07, 6.45) is 4.92. The Hall–Kier alpha value is -2.67. The number of piperidine rings is 1. The quantitative estimate of drug-likeness (QED) is 0.601. The number of benzene rings is 2. The number of hydrogen-bond acceptors (Lipinski definition) is 5. The third kappa shape index (κ3) is 4.59. The molecule has 3 aromatic rings. The van der Waals surface area contributed by atoms with Crippen LogP contribution in [0.25, 0.3) is 10.8 Å². The number of aromatic nitrogens is 2. The minimum Gasteiger partial charge on any atom is -0.484 e. The smallest absolute Gasteiger partial charge is 0.316 e. The van der Waals surface area contributed by atoms with E-state index in [9.17, 15) is 4.79 Å². The molecule has 1 aliphatic rings. The van der Waals surface area contributed by atoms with E-state index in [0.717, 1.165) is 28.1 Å². The fourth-order valence-corrected chi connectivity index (χ4v) is 3.47. The van der Waals surface area contributed by atoms with Crippen LogP contribution >= 0.6 is 15.9 Å². The summed E-state index contributed by atoms with van der Waals surface area (Å²) in [6.45, 7) is 1.24. The molecule has 6 nitrogen and oxygen atoms in total. The maximum atomic E-state index is 12.6. The average molecular weight is 442 g/mol. The van der Waals surface area contributed by atoms with Gasteiger partial charge in [0.1, 0.15) is 11.9 Å². The first-order valence-electron chi connectivity index (χ1n) is 9.21. The lowest BCUT2D eigenvalue weighted by atomic mass is 10.1. The number of likely N-dealkylation sites (tertiary alicyclic amines) is 1. The average Bonchev–Trinajstić information content (AvgIpc) is 2.74. The van der Waals surface area contributed by atoms with Crippen LogP contribution in [0.2, 0.25) is 0 Å². The SMILES string of the molecule is O=C(COc1ccc2ccccc2c1)N1CCCC(Oc2ncc(Br)cn2)C1. The van der Waals surface area contributed by atoms with Gasteiger partial charge < -0.3 is 14.4 Å². The molecule has 7 heteroatoms. The molecule has 0 radical (unpaired) electrons. The summed E-state index contributed by atoms with van der Waals surface area (Å²) in [5.41, 5.74) is 0.